The van der Waals surface area contributed by atoms with Gasteiger partial charge in [-0.3, -0.25) is 0 Å². The van der Waals surface area contributed by atoms with Crippen molar-refractivity contribution in [2.24, 2.45) is 21.7 Å². The van der Waals surface area contributed by atoms with Crippen LogP contribution >= 0.6 is 11.8 Å². The predicted octanol–water partition coefficient (Wildman–Crippen LogP) is 10.7. The monoisotopic (exact) mass is 639 g/mol. The molecule has 3 rings (SSSR count). The van der Waals surface area contributed by atoms with E-state index in [0.29, 0.717) is 17.1 Å². The molecule has 0 spiro atoms. The summed E-state index contributed by atoms with van der Waals surface area (Å²) in [5, 5.41) is 7.76. The molecular weight excluding hydrogens is 579 g/mol. The van der Waals surface area contributed by atoms with Crippen molar-refractivity contribution < 1.29 is 9.47 Å². The number of nitrogens with zero attached hydrogens (tertiary/aromatic N) is 3. The number of allylic oxidation sites excluding steroid dienone is 4. The molecule has 1 aromatic rings. The van der Waals surface area contributed by atoms with Gasteiger partial charge in [-0.05, 0) is 30.7 Å². The normalized spacial score (nSPS) is 19.5. The number of hydrogen-bond donors (Lipinski definition) is 2. The maximum atomic E-state index is 6.46. The largest absolute Gasteiger partial charge is 0.489 e. The molecule has 2 aliphatic heterocycles. The van der Waals surface area contributed by atoms with E-state index in [1.807, 2.05) is 0 Å². The van der Waals surface area contributed by atoms with Crippen molar-refractivity contribution in [3.8, 4) is 0 Å². The van der Waals surface area contributed by atoms with Gasteiger partial charge in [-0.2, -0.15) is 15.0 Å². The molecule has 252 valence electrons. The van der Waals surface area contributed by atoms with Gasteiger partial charge >= 0.3 is 0 Å². The van der Waals surface area contributed by atoms with E-state index in [1.54, 1.807) is 11.8 Å². The van der Waals surface area contributed by atoms with Gasteiger partial charge in [0, 0.05) is 38.8 Å². The predicted molar refractivity (Wildman–Crippen MR) is 191 cm³/mol. The van der Waals surface area contributed by atoms with Crippen LogP contribution in [0, 0.1) is 21.7 Å². The van der Waals surface area contributed by atoms with E-state index in [2.05, 4.69) is 125 Å². The first-order chi connectivity index (χ1) is 20.8. The van der Waals surface area contributed by atoms with Gasteiger partial charge < -0.3 is 20.1 Å². The summed E-state index contributed by atoms with van der Waals surface area (Å²) in [5.74, 6) is 3.89. The molecule has 0 saturated heterocycles. The fraction of sp³-hybridized carbons (Fsp3) is 0.703. The lowest BCUT2D eigenvalue weighted by molar-refractivity contribution is 0.0321. The van der Waals surface area contributed by atoms with Crippen LogP contribution in [-0.4, -0.2) is 32.9 Å². The molecule has 45 heavy (non-hydrogen) atoms. The summed E-state index contributed by atoms with van der Waals surface area (Å²) in [6.45, 7) is 28.5. The molecular formula is C37H61N5O2S. The maximum absolute atomic E-state index is 6.46. The Morgan fingerprint density at radius 1 is 0.622 bits per heavy atom. The molecule has 0 aliphatic carbocycles. The fourth-order valence-electron chi connectivity index (χ4n) is 4.75. The van der Waals surface area contributed by atoms with Crippen LogP contribution in [0.3, 0.4) is 0 Å². The molecule has 0 bridgehead atoms. The summed E-state index contributed by atoms with van der Waals surface area (Å²) in [6, 6.07) is 0. The molecule has 0 aromatic carbocycles. The molecule has 0 fully saturated rings. The van der Waals surface area contributed by atoms with Crippen LogP contribution in [-0.2, 0) is 9.47 Å². The quantitative estimate of drug-likeness (QED) is 0.173. The molecule has 0 saturated carbocycles. The topological polar surface area (TPSA) is 81.2 Å². The Morgan fingerprint density at radius 3 is 1.44 bits per heavy atom. The minimum Gasteiger partial charge on any atom is -0.489 e. The zero-order chi connectivity index (χ0) is 33.6. The van der Waals surface area contributed by atoms with Gasteiger partial charge in [-0.1, -0.05) is 134 Å². The molecule has 2 atom stereocenters. The van der Waals surface area contributed by atoms with Crippen LogP contribution in [0.5, 0.6) is 0 Å². The van der Waals surface area contributed by atoms with Crippen molar-refractivity contribution in [3.63, 3.8) is 0 Å². The van der Waals surface area contributed by atoms with E-state index in [1.165, 1.54) is 32.1 Å². The Hall–Kier alpha value is -2.48. The first-order valence-corrected chi connectivity index (χ1v) is 17.9. The van der Waals surface area contributed by atoms with Crippen molar-refractivity contribution in [1.29, 1.82) is 0 Å². The number of ether oxygens (including phenoxy) is 2. The summed E-state index contributed by atoms with van der Waals surface area (Å²) < 4.78 is 12.9. The molecule has 2 aliphatic rings. The number of anilines is 2. The SMILES string of the molecule is CCCCCCCCSc1nc(NC2=CC(C(C)(C)C)OC(C(C)(C)C)=C2)nc(NC2=CC(C(C)(C)C)OC(C(C)(C)C)=C2)n1. The van der Waals surface area contributed by atoms with Crippen molar-refractivity contribution >= 4 is 23.7 Å². The molecule has 1 aromatic heterocycles. The number of rotatable bonds is 12. The standard InChI is InChI=1S/C37H61N5O2S/c1-14-15-16-17-18-19-20-45-33-41-31(38-25-21-27(34(2,3)4)43-28(22-25)35(5,6)7)40-32(42-33)39-26-23-29(36(8,9)10)44-30(24-26)37(11,12)13/h21-24,27,29H,14-20H2,1-13H3,(H2,38,39,40,41,42). The van der Waals surface area contributed by atoms with Crippen LogP contribution < -0.4 is 10.6 Å². The lowest BCUT2D eigenvalue weighted by Gasteiger charge is -2.37. The van der Waals surface area contributed by atoms with Crippen LogP contribution in [0.1, 0.15) is 129 Å². The van der Waals surface area contributed by atoms with E-state index >= 15 is 0 Å². The maximum Gasteiger partial charge on any atom is 0.233 e. The van der Waals surface area contributed by atoms with Crippen molar-refractivity contribution in [1.82, 2.24) is 15.0 Å². The van der Waals surface area contributed by atoms with E-state index in [4.69, 9.17) is 24.4 Å². The Labute approximate surface area is 278 Å². The summed E-state index contributed by atoms with van der Waals surface area (Å²) in [5.41, 5.74) is 1.46. The number of unbranched alkanes of at least 4 members (excludes halogenated alkanes) is 5. The summed E-state index contributed by atoms with van der Waals surface area (Å²) in [7, 11) is 0. The van der Waals surface area contributed by atoms with Crippen molar-refractivity contribution in [2.45, 2.75) is 146 Å². The minimum atomic E-state index is -0.134. The first kappa shape index (κ1) is 37.0. The van der Waals surface area contributed by atoms with Gasteiger partial charge in [-0.25, -0.2) is 0 Å². The molecule has 3 heterocycles. The van der Waals surface area contributed by atoms with Gasteiger partial charge in [0.2, 0.25) is 11.9 Å². The molecule has 2 N–H and O–H groups in total. The smallest absolute Gasteiger partial charge is 0.233 e. The number of hydrogen-bond acceptors (Lipinski definition) is 8. The Kier molecular flexibility index (Phi) is 12.3. The number of nitrogens with one attached hydrogen (secondary N) is 2. The van der Waals surface area contributed by atoms with Crippen molar-refractivity contribution in [2.75, 3.05) is 16.4 Å². The third-order valence-electron chi connectivity index (χ3n) is 7.78. The van der Waals surface area contributed by atoms with Gasteiger partial charge in [0.15, 0.2) is 5.16 Å². The molecule has 0 radical (unpaired) electrons. The third kappa shape index (κ3) is 11.7. The number of thioether (sulfide) groups is 1. The van der Waals surface area contributed by atoms with Crippen molar-refractivity contribution in [3.05, 3.63) is 47.2 Å². The van der Waals surface area contributed by atoms with Crippen LogP contribution in [0.25, 0.3) is 0 Å². The second-order valence-electron chi connectivity index (χ2n) is 16.7. The molecule has 2 unspecified atom stereocenters. The lowest BCUT2D eigenvalue weighted by atomic mass is 9.85. The Balaban J connectivity index is 1.95. The van der Waals surface area contributed by atoms with Crippen LogP contribution in [0.15, 0.2) is 52.4 Å². The Morgan fingerprint density at radius 2 is 1.04 bits per heavy atom. The fourth-order valence-corrected chi connectivity index (χ4v) is 5.58. The third-order valence-corrected chi connectivity index (χ3v) is 8.72. The highest BCUT2D eigenvalue weighted by atomic mass is 32.2. The highest BCUT2D eigenvalue weighted by Gasteiger charge is 2.34. The van der Waals surface area contributed by atoms with E-state index in [-0.39, 0.29) is 33.9 Å². The molecule has 0 amide bonds. The van der Waals surface area contributed by atoms with E-state index in [9.17, 15) is 0 Å². The average Bonchev–Trinajstić information content (AvgIpc) is 2.90. The second kappa shape index (κ2) is 15.0. The van der Waals surface area contributed by atoms with Gasteiger partial charge in [-0.15, -0.1) is 0 Å². The second-order valence-corrected chi connectivity index (χ2v) is 17.8. The summed E-state index contributed by atoms with van der Waals surface area (Å²) in [4.78, 5) is 14.6. The molecule has 7 nitrogen and oxygen atoms in total. The zero-order valence-electron chi connectivity index (χ0n) is 30.5. The average molecular weight is 640 g/mol. The highest BCUT2D eigenvalue weighted by molar-refractivity contribution is 7.99. The van der Waals surface area contributed by atoms with Crippen LogP contribution in [0.4, 0.5) is 11.9 Å². The van der Waals surface area contributed by atoms with Crippen LogP contribution in [0.2, 0.25) is 0 Å². The van der Waals surface area contributed by atoms with Gasteiger partial charge in [0.05, 0.1) is 0 Å². The minimum absolute atomic E-state index is 0.0716. The number of aromatic nitrogens is 3. The summed E-state index contributed by atoms with van der Waals surface area (Å²) in [6.07, 6.45) is 15.8. The first-order valence-electron chi connectivity index (χ1n) is 16.9. The lowest BCUT2D eigenvalue weighted by Crippen LogP contribution is -2.33. The van der Waals surface area contributed by atoms with Gasteiger partial charge in [0.25, 0.3) is 0 Å². The Bertz CT molecular complexity index is 1180. The molecule has 8 heteroatoms. The zero-order valence-corrected chi connectivity index (χ0v) is 31.3. The van der Waals surface area contributed by atoms with E-state index < -0.39 is 0 Å². The van der Waals surface area contributed by atoms with E-state index in [0.717, 1.165) is 35.1 Å². The van der Waals surface area contributed by atoms with Gasteiger partial charge in [0.1, 0.15) is 23.7 Å². The summed E-state index contributed by atoms with van der Waals surface area (Å²) >= 11 is 1.69. The highest BCUT2D eigenvalue weighted by Crippen LogP contribution is 2.38.